The molecule has 6 nitrogen and oxygen atoms in total. The van der Waals surface area contributed by atoms with E-state index in [4.69, 9.17) is 16.3 Å². The van der Waals surface area contributed by atoms with Crippen LogP contribution in [0.25, 0.3) is 0 Å². The van der Waals surface area contributed by atoms with Crippen LogP contribution >= 0.6 is 22.9 Å². The highest BCUT2D eigenvalue weighted by molar-refractivity contribution is 7.09. The van der Waals surface area contributed by atoms with E-state index in [0.717, 1.165) is 5.01 Å². The maximum absolute atomic E-state index is 11.8. The van der Waals surface area contributed by atoms with Gasteiger partial charge in [0.1, 0.15) is 17.4 Å². The van der Waals surface area contributed by atoms with Gasteiger partial charge in [-0.3, -0.25) is 9.59 Å². The van der Waals surface area contributed by atoms with Crippen LogP contribution < -0.4 is 10.1 Å². The Hall–Kier alpha value is -2.12. The summed E-state index contributed by atoms with van der Waals surface area (Å²) >= 11 is 7.27. The molecule has 1 aromatic heterocycles. The predicted molar refractivity (Wildman–Crippen MR) is 95.9 cm³/mol. The van der Waals surface area contributed by atoms with Crippen molar-refractivity contribution < 1.29 is 19.1 Å². The molecule has 2 aromatic rings. The third-order valence-corrected chi connectivity index (χ3v) is 4.35. The van der Waals surface area contributed by atoms with E-state index in [1.165, 1.54) is 18.4 Å². The van der Waals surface area contributed by atoms with Gasteiger partial charge < -0.3 is 14.8 Å². The van der Waals surface area contributed by atoms with Crippen molar-refractivity contribution in [2.45, 2.75) is 25.9 Å². The Kier molecular flexibility index (Phi) is 7.69. The molecule has 0 atom stereocenters. The lowest BCUT2D eigenvalue weighted by Crippen LogP contribution is -2.26. The molecule has 0 bridgehead atoms. The Morgan fingerprint density at radius 3 is 2.76 bits per heavy atom. The number of carbonyl (C=O) groups is 2. The first-order chi connectivity index (χ1) is 12.1. The fraction of sp³-hybridized carbons (Fsp3) is 0.353. The number of halogens is 1. The first-order valence-corrected chi connectivity index (χ1v) is 8.97. The largest absolute Gasteiger partial charge is 0.486 e. The van der Waals surface area contributed by atoms with Crippen LogP contribution in [0.1, 0.15) is 23.5 Å². The van der Waals surface area contributed by atoms with Crippen molar-refractivity contribution in [3.63, 3.8) is 0 Å². The van der Waals surface area contributed by atoms with E-state index in [2.05, 4.69) is 15.0 Å². The summed E-state index contributed by atoms with van der Waals surface area (Å²) in [5.74, 6) is 0.309. The smallest absolute Gasteiger partial charge is 0.305 e. The van der Waals surface area contributed by atoms with Gasteiger partial charge in [-0.25, -0.2) is 4.98 Å². The molecule has 25 heavy (non-hydrogen) atoms. The van der Waals surface area contributed by atoms with Crippen LogP contribution in [0.5, 0.6) is 5.75 Å². The lowest BCUT2D eigenvalue weighted by molar-refractivity contribution is -0.140. The second kappa shape index (κ2) is 10.0. The number of hydrogen-bond acceptors (Lipinski definition) is 6. The van der Waals surface area contributed by atoms with Crippen molar-refractivity contribution in [1.82, 2.24) is 10.3 Å². The number of rotatable bonds is 9. The average Bonchev–Trinajstić information content (AvgIpc) is 3.05. The third kappa shape index (κ3) is 7.11. The molecule has 0 fully saturated rings. The topological polar surface area (TPSA) is 77.5 Å². The van der Waals surface area contributed by atoms with E-state index in [1.54, 1.807) is 24.3 Å². The monoisotopic (exact) mass is 382 g/mol. The summed E-state index contributed by atoms with van der Waals surface area (Å²) in [6.07, 6.45) is 1.05. The van der Waals surface area contributed by atoms with E-state index in [9.17, 15) is 9.59 Å². The van der Waals surface area contributed by atoms with Gasteiger partial charge in [0.2, 0.25) is 5.91 Å². The van der Waals surface area contributed by atoms with Gasteiger partial charge in [0.15, 0.2) is 0 Å². The normalized spacial score (nSPS) is 10.3. The summed E-state index contributed by atoms with van der Waals surface area (Å²) < 4.78 is 10.2. The molecule has 0 radical (unpaired) electrons. The van der Waals surface area contributed by atoms with Gasteiger partial charge in [-0.2, -0.15) is 0 Å². The van der Waals surface area contributed by atoms with Crippen molar-refractivity contribution in [1.29, 1.82) is 0 Å². The fourth-order valence-corrected chi connectivity index (χ4v) is 2.79. The van der Waals surface area contributed by atoms with Crippen molar-refractivity contribution in [2.75, 3.05) is 13.7 Å². The zero-order valence-electron chi connectivity index (χ0n) is 13.8. The molecule has 1 heterocycles. The van der Waals surface area contributed by atoms with Crippen LogP contribution in [-0.4, -0.2) is 30.5 Å². The Morgan fingerprint density at radius 1 is 1.28 bits per heavy atom. The third-order valence-electron chi connectivity index (χ3n) is 3.22. The van der Waals surface area contributed by atoms with Gasteiger partial charge in [-0.05, 0) is 30.7 Å². The molecule has 0 aliphatic heterocycles. The van der Waals surface area contributed by atoms with E-state index >= 15 is 0 Å². The molecule has 1 N–H and O–H groups in total. The van der Waals surface area contributed by atoms with Crippen LogP contribution in [0, 0.1) is 0 Å². The molecule has 2 rings (SSSR count). The summed E-state index contributed by atoms with van der Waals surface area (Å²) in [5.41, 5.74) is 0.699. The highest BCUT2D eigenvalue weighted by Crippen LogP contribution is 2.18. The number of amides is 1. The molecular weight excluding hydrogens is 364 g/mol. The van der Waals surface area contributed by atoms with Crippen LogP contribution in [0.2, 0.25) is 5.02 Å². The average molecular weight is 383 g/mol. The quantitative estimate of drug-likeness (QED) is 0.533. The van der Waals surface area contributed by atoms with Crippen LogP contribution in [0.15, 0.2) is 29.6 Å². The van der Waals surface area contributed by atoms with Gasteiger partial charge in [0.25, 0.3) is 0 Å². The van der Waals surface area contributed by atoms with E-state index in [-0.39, 0.29) is 18.3 Å². The lowest BCUT2D eigenvalue weighted by Gasteiger charge is -2.04. The van der Waals surface area contributed by atoms with E-state index < -0.39 is 0 Å². The number of methoxy groups -OCH3 is 1. The fourth-order valence-electron chi connectivity index (χ4n) is 1.96. The molecular formula is C17H19ClN2O4S. The summed E-state index contributed by atoms with van der Waals surface area (Å²) in [4.78, 5) is 27.2. The molecule has 0 saturated carbocycles. The zero-order chi connectivity index (χ0) is 18.1. The van der Waals surface area contributed by atoms with Gasteiger partial charge >= 0.3 is 5.97 Å². The Labute approximate surface area is 155 Å². The van der Waals surface area contributed by atoms with E-state index in [0.29, 0.717) is 42.5 Å². The highest BCUT2D eigenvalue weighted by atomic mass is 35.5. The zero-order valence-corrected chi connectivity index (χ0v) is 15.4. The first kappa shape index (κ1) is 19.2. The molecule has 0 saturated heterocycles. The first-order valence-electron chi connectivity index (χ1n) is 7.72. The van der Waals surface area contributed by atoms with Crippen molar-refractivity contribution in [3.05, 3.63) is 45.4 Å². The molecule has 8 heteroatoms. The maximum atomic E-state index is 11.8. The van der Waals surface area contributed by atoms with Crippen molar-refractivity contribution in [3.8, 4) is 5.75 Å². The second-order valence-corrected chi connectivity index (χ2v) is 6.56. The minimum absolute atomic E-state index is 0.125. The van der Waals surface area contributed by atoms with Gasteiger partial charge in [-0.15, -0.1) is 11.3 Å². The maximum Gasteiger partial charge on any atom is 0.305 e. The number of ether oxygens (including phenoxy) is 2. The summed E-state index contributed by atoms with van der Waals surface area (Å²) in [6.45, 7) is 0.775. The number of benzene rings is 1. The number of nitrogens with one attached hydrogen (secondary N) is 1. The van der Waals surface area contributed by atoms with E-state index in [1.807, 2.05) is 5.38 Å². The summed E-state index contributed by atoms with van der Waals surface area (Å²) in [7, 11) is 1.34. The number of nitrogens with zero attached hydrogens (tertiary/aromatic N) is 1. The molecule has 0 aliphatic rings. The molecule has 134 valence electrons. The van der Waals surface area contributed by atoms with Gasteiger partial charge in [-0.1, -0.05) is 11.6 Å². The Bertz CT molecular complexity index is 703. The number of thiazole rings is 1. The highest BCUT2D eigenvalue weighted by Gasteiger charge is 2.08. The molecule has 1 aromatic carbocycles. The Morgan fingerprint density at radius 2 is 2.04 bits per heavy atom. The summed E-state index contributed by atoms with van der Waals surface area (Å²) in [5, 5.41) is 6.05. The van der Waals surface area contributed by atoms with Crippen LogP contribution in [0.4, 0.5) is 0 Å². The Balaban J connectivity index is 1.70. The standard InChI is InChI=1S/C17H19ClN2O4S/c1-23-17(22)3-2-8-19-15(21)9-13-11-25-16(20-13)10-24-14-6-4-12(18)5-7-14/h4-7,11H,2-3,8-10H2,1H3,(H,19,21). The predicted octanol–water partition coefficient (Wildman–Crippen LogP) is 2.99. The number of aromatic nitrogens is 1. The number of esters is 1. The number of carbonyl (C=O) groups excluding carboxylic acids is 2. The molecule has 0 aliphatic carbocycles. The lowest BCUT2D eigenvalue weighted by atomic mass is 10.3. The summed E-state index contributed by atoms with van der Waals surface area (Å²) in [6, 6.07) is 7.10. The van der Waals surface area contributed by atoms with Gasteiger partial charge in [0, 0.05) is 23.4 Å². The van der Waals surface area contributed by atoms with Crippen molar-refractivity contribution >= 4 is 34.8 Å². The molecule has 0 unspecified atom stereocenters. The van der Waals surface area contributed by atoms with Crippen molar-refractivity contribution in [2.24, 2.45) is 0 Å². The SMILES string of the molecule is COC(=O)CCCNC(=O)Cc1csc(COc2ccc(Cl)cc2)n1. The van der Waals surface area contributed by atoms with Crippen LogP contribution in [-0.2, 0) is 27.4 Å². The minimum atomic E-state index is -0.279. The van der Waals surface area contributed by atoms with Crippen LogP contribution in [0.3, 0.4) is 0 Å². The second-order valence-electron chi connectivity index (χ2n) is 5.18. The number of hydrogen-bond donors (Lipinski definition) is 1. The minimum Gasteiger partial charge on any atom is -0.486 e. The molecule has 1 amide bonds. The van der Waals surface area contributed by atoms with Gasteiger partial charge in [0.05, 0.1) is 19.2 Å². The molecule has 0 spiro atoms.